The summed E-state index contributed by atoms with van der Waals surface area (Å²) in [4.78, 5) is 24.9. The normalized spacial score (nSPS) is 17.5. The van der Waals surface area contributed by atoms with Crippen LogP contribution in [0, 0.1) is 5.92 Å². The largest absolute Gasteiger partial charge is 0.477 e. The molecule has 8 heteroatoms. The van der Waals surface area contributed by atoms with Crippen LogP contribution in [0.1, 0.15) is 45.4 Å². The molecule has 1 amide bonds. The molecule has 1 atom stereocenters. The molecule has 142 valence electrons. The lowest BCUT2D eigenvalue weighted by molar-refractivity contribution is -0.129. The number of hydrogen-bond donors (Lipinski definition) is 2. The van der Waals surface area contributed by atoms with Crippen LogP contribution in [0.15, 0.2) is 10.2 Å². The molecular weight excluding hydrogens is 340 g/mol. The van der Waals surface area contributed by atoms with E-state index in [0.717, 1.165) is 38.0 Å². The summed E-state index contributed by atoms with van der Waals surface area (Å²) >= 11 is 1.49. The van der Waals surface area contributed by atoms with Crippen molar-refractivity contribution < 1.29 is 14.3 Å². The van der Waals surface area contributed by atoms with Crippen LogP contribution in [0.4, 0.5) is 0 Å². The zero-order chi connectivity index (χ0) is 18.5. The molecule has 0 heterocycles. The maximum Gasteiger partial charge on any atom is 0.279 e. The standard InChI is InChI=1S/C17H30N4O3S/c1-4-14(20-16(23)13-8-6-5-7-9-13)15(22)17(24-3)21-19-12-25-11-10-18-2/h12-14,18H,4-11H2,1-3H3,(H,20,23)/b19-12+,21-17-/t14-/m0/s1. The van der Waals surface area contributed by atoms with E-state index in [0.29, 0.717) is 6.42 Å². The van der Waals surface area contributed by atoms with E-state index >= 15 is 0 Å². The number of hydrogen-bond acceptors (Lipinski definition) is 7. The van der Waals surface area contributed by atoms with Gasteiger partial charge in [-0.15, -0.1) is 22.0 Å². The highest BCUT2D eigenvalue weighted by Crippen LogP contribution is 2.23. The van der Waals surface area contributed by atoms with Gasteiger partial charge in [0.25, 0.3) is 5.90 Å². The fraction of sp³-hybridized carbons (Fsp3) is 0.765. The molecule has 0 saturated heterocycles. The summed E-state index contributed by atoms with van der Waals surface area (Å²) in [6, 6.07) is -0.625. The highest BCUT2D eigenvalue weighted by atomic mass is 32.2. The predicted molar refractivity (Wildman–Crippen MR) is 103 cm³/mol. The average molecular weight is 371 g/mol. The van der Waals surface area contributed by atoms with E-state index in [2.05, 4.69) is 20.8 Å². The molecule has 0 aromatic carbocycles. The van der Waals surface area contributed by atoms with Crippen LogP contribution < -0.4 is 10.6 Å². The second kappa shape index (κ2) is 12.9. The predicted octanol–water partition coefficient (Wildman–Crippen LogP) is 1.97. The van der Waals surface area contributed by atoms with Crippen LogP contribution in [0.5, 0.6) is 0 Å². The van der Waals surface area contributed by atoms with Gasteiger partial charge in [-0.3, -0.25) is 9.59 Å². The third-order valence-corrected chi connectivity index (χ3v) is 4.84. The number of rotatable bonds is 10. The van der Waals surface area contributed by atoms with E-state index in [-0.39, 0.29) is 23.5 Å². The number of thioether (sulfide) groups is 1. The van der Waals surface area contributed by atoms with Crippen molar-refractivity contribution >= 4 is 34.9 Å². The van der Waals surface area contributed by atoms with Crippen LogP contribution in [-0.4, -0.2) is 55.6 Å². The van der Waals surface area contributed by atoms with Crippen LogP contribution >= 0.6 is 11.8 Å². The molecule has 0 aromatic heterocycles. The maximum atomic E-state index is 12.5. The zero-order valence-electron chi connectivity index (χ0n) is 15.4. The lowest BCUT2D eigenvalue weighted by Crippen LogP contribution is -2.46. The van der Waals surface area contributed by atoms with Crippen molar-refractivity contribution in [2.75, 3.05) is 26.5 Å². The van der Waals surface area contributed by atoms with Gasteiger partial charge in [-0.1, -0.05) is 26.2 Å². The van der Waals surface area contributed by atoms with Gasteiger partial charge >= 0.3 is 0 Å². The summed E-state index contributed by atoms with van der Waals surface area (Å²) in [6.45, 7) is 2.72. The topological polar surface area (TPSA) is 92.2 Å². The summed E-state index contributed by atoms with van der Waals surface area (Å²) < 4.78 is 5.06. The number of amides is 1. The molecule has 1 aliphatic rings. The minimum atomic E-state index is -0.625. The SMILES string of the molecule is CC[C@H](NC(=O)C1CCCCC1)C(=O)/C(=N/N=C/SCCNC)OC. The Morgan fingerprint density at radius 2 is 2.04 bits per heavy atom. The third-order valence-electron chi connectivity index (χ3n) is 4.16. The summed E-state index contributed by atoms with van der Waals surface area (Å²) in [5.74, 6) is 0.412. The summed E-state index contributed by atoms with van der Waals surface area (Å²) in [5.41, 5.74) is 1.57. The summed E-state index contributed by atoms with van der Waals surface area (Å²) in [7, 11) is 3.26. The number of carbonyl (C=O) groups excluding carboxylic acids is 2. The van der Waals surface area contributed by atoms with Gasteiger partial charge in [0.15, 0.2) is 0 Å². The Morgan fingerprint density at radius 1 is 1.32 bits per heavy atom. The van der Waals surface area contributed by atoms with Gasteiger partial charge in [-0.05, 0) is 26.3 Å². The number of methoxy groups -OCH3 is 1. The number of nitrogens with one attached hydrogen (secondary N) is 2. The van der Waals surface area contributed by atoms with E-state index < -0.39 is 6.04 Å². The molecule has 0 unspecified atom stereocenters. The monoisotopic (exact) mass is 370 g/mol. The Bertz CT molecular complexity index is 477. The first kappa shape index (κ1) is 21.6. The third kappa shape index (κ3) is 8.00. The lowest BCUT2D eigenvalue weighted by atomic mass is 9.88. The van der Waals surface area contributed by atoms with E-state index in [1.807, 2.05) is 14.0 Å². The number of ether oxygens (including phenoxy) is 1. The first-order chi connectivity index (χ1) is 12.1. The molecule has 0 bridgehead atoms. The number of carbonyl (C=O) groups is 2. The molecule has 0 spiro atoms. The van der Waals surface area contributed by atoms with E-state index in [4.69, 9.17) is 4.74 Å². The second-order valence-corrected chi connectivity index (χ2v) is 6.93. The van der Waals surface area contributed by atoms with Gasteiger partial charge < -0.3 is 15.4 Å². The van der Waals surface area contributed by atoms with Gasteiger partial charge in [0, 0.05) is 18.2 Å². The Hall–Kier alpha value is -1.41. The van der Waals surface area contributed by atoms with Crippen molar-refractivity contribution in [1.29, 1.82) is 0 Å². The smallest absolute Gasteiger partial charge is 0.279 e. The molecule has 1 fully saturated rings. The second-order valence-electron chi connectivity index (χ2n) is 5.97. The van der Waals surface area contributed by atoms with Gasteiger partial charge in [-0.25, -0.2) is 0 Å². The molecule has 1 saturated carbocycles. The van der Waals surface area contributed by atoms with E-state index in [9.17, 15) is 9.59 Å². The van der Waals surface area contributed by atoms with Crippen molar-refractivity contribution in [3.8, 4) is 0 Å². The number of nitrogens with zero attached hydrogens (tertiary/aromatic N) is 2. The molecule has 2 N–H and O–H groups in total. The first-order valence-corrected chi connectivity index (χ1v) is 9.93. The minimum Gasteiger partial charge on any atom is -0.477 e. The molecule has 25 heavy (non-hydrogen) atoms. The Balaban J connectivity index is 2.59. The van der Waals surface area contributed by atoms with Gasteiger partial charge in [0.2, 0.25) is 11.7 Å². The lowest BCUT2D eigenvalue weighted by Gasteiger charge is -2.23. The van der Waals surface area contributed by atoms with E-state index in [1.54, 1.807) is 5.55 Å². The Kier molecular flexibility index (Phi) is 11.1. The maximum absolute atomic E-state index is 12.5. The average Bonchev–Trinajstić information content (AvgIpc) is 2.65. The van der Waals surface area contributed by atoms with Crippen LogP contribution in [0.2, 0.25) is 0 Å². The van der Waals surface area contributed by atoms with Gasteiger partial charge in [0.05, 0.1) is 18.7 Å². The van der Waals surface area contributed by atoms with Crippen molar-refractivity contribution in [2.24, 2.45) is 16.1 Å². The van der Waals surface area contributed by atoms with Crippen molar-refractivity contribution in [2.45, 2.75) is 51.5 Å². The highest BCUT2D eigenvalue weighted by molar-refractivity contribution is 8.12. The molecule has 7 nitrogen and oxygen atoms in total. The van der Waals surface area contributed by atoms with Crippen LogP contribution in [0.25, 0.3) is 0 Å². The number of ketones is 1. The minimum absolute atomic E-state index is 0.0140. The van der Waals surface area contributed by atoms with Crippen molar-refractivity contribution in [3.05, 3.63) is 0 Å². The molecule has 0 aliphatic heterocycles. The fourth-order valence-corrected chi connectivity index (χ4v) is 3.21. The molecule has 0 radical (unpaired) electrons. The first-order valence-electron chi connectivity index (χ1n) is 8.88. The Morgan fingerprint density at radius 3 is 2.64 bits per heavy atom. The molecular formula is C17H30N4O3S. The fourth-order valence-electron chi connectivity index (χ4n) is 2.67. The zero-order valence-corrected chi connectivity index (χ0v) is 16.2. The summed E-state index contributed by atoms with van der Waals surface area (Å²) in [5, 5.41) is 13.6. The highest BCUT2D eigenvalue weighted by Gasteiger charge is 2.28. The van der Waals surface area contributed by atoms with Gasteiger partial charge in [0.1, 0.15) is 0 Å². The van der Waals surface area contributed by atoms with Crippen molar-refractivity contribution in [1.82, 2.24) is 10.6 Å². The van der Waals surface area contributed by atoms with Crippen LogP contribution in [0.3, 0.4) is 0 Å². The number of Topliss-reactive ketones (excluding diaryl/α,β-unsaturated/α-hetero) is 1. The van der Waals surface area contributed by atoms with Crippen LogP contribution in [-0.2, 0) is 14.3 Å². The Labute approximate surface area is 154 Å². The summed E-state index contributed by atoms with van der Waals surface area (Å²) in [6.07, 6.45) is 5.62. The van der Waals surface area contributed by atoms with Crippen molar-refractivity contribution in [3.63, 3.8) is 0 Å². The van der Waals surface area contributed by atoms with E-state index in [1.165, 1.54) is 25.3 Å². The molecule has 0 aromatic rings. The van der Waals surface area contributed by atoms with Gasteiger partial charge in [-0.2, -0.15) is 0 Å². The molecule has 1 aliphatic carbocycles. The molecule has 1 rings (SSSR count). The quantitative estimate of drug-likeness (QED) is 0.265.